The van der Waals surface area contributed by atoms with Crippen LogP contribution in [-0.4, -0.2) is 32.8 Å². The Morgan fingerprint density at radius 1 is 1.38 bits per heavy atom. The zero-order valence-electron chi connectivity index (χ0n) is 13.7. The van der Waals surface area contributed by atoms with Gasteiger partial charge in [0.25, 0.3) is 17.9 Å². The maximum absolute atomic E-state index is 12.9. The Morgan fingerprint density at radius 3 is 2.85 bits per heavy atom. The molecule has 1 fully saturated rings. The average molecular weight is 378 g/mol. The van der Waals surface area contributed by atoms with Crippen molar-refractivity contribution in [1.82, 2.24) is 19.3 Å². The number of thiophene rings is 1. The maximum atomic E-state index is 12.9. The summed E-state index contributed by atoms with van der Waals surface area (Å²) in [5.74, 6) is -0.238. The molecule has 26 heavy (non-hydrogen) atoms. The van der Waals surface area contributed by atoms with Crippen LogP contribution in [0.2, 0.25) is 0 Å². The number of nitrogens with one attached hydrogen (secondary N) is 1. The molecule has 1 aliphatic rings. The van der Waals surface area contributed by atoms with Crippen LogP contribution in [0.15, 0.2) is 34.7 Å². The number of hydrogen-bond acceptors (Lipinski definition) is 4. The monoisotopic (exact) mass is 378 g/mol. The summed E-state index contributed by atoms with van der Waals surface area (Å²) in [5.41, 5.74) is 0.550. The molecule has 0 saturated heterocycles. The van der Waals surface area contributed by atoms with Gasteiger partial charge in [-0.05, 0) is 30.2 Å². The standard InChI is InChI=1S/C17H16F2N4O2S/c18-14(19)6-20-16(24)11-8-22-9-12(13-2-1-5-26-13)23(7-10-3-4-10)17(25)15(22)21-11/h1-2,5,8-10,14H,3-4,6-7H2,(H,20,24). The zero-order chi connectivity index (χ0) is 18.3. The first-order valence-corrected chi connectivity index (χ1v) is 9.13. The van der Waals surface area contributed by atoms with Crippen LogP contribution in [0.5, 0.6) is 0 Å². The Labute approximate surface area is 151 Å². The predicted octanol–water partition coefficient (Wildman–Crippen LogP) is 2.63. The molecular formula is C17H16F2N4O2S. The van der Waals surface area contributed by atoms with Gasteiger partial charge in [0, 0.05) is 18.9 Å². The lowest BCUT2D eigenvalue weighted by molar-refractivity contribution is 0.0887. The Balaban J connectivity index is 1.78. The molecule has 0 aliphatic heterocycles. The van der Waals surface area contributed by atoms with Crippen LogP contribution < -0.4 is 10.9 Å². The van der Waals surface area contributed by atoms with Crippen LogP contribution in [0.4, 0.5) is 8.78 Å². The molecule has 4 rings (SSSR count). The Kier molecular flexibility index (Phi) is 4.31. The normalized spacial score (nSPS) is 14.3. The molecule has 0 unspecified atom stereocenters. The third-order valence-corrected chi connectivity index (χ3v) is 5.17. The molecule has 6 nitrogen and oxygen atoms in total. The Hall–Kier alpha value is -2.55. The lowest BCUT2D eigenvalue weighted by atomic mass is 10.3. The van der Waals surface area contributed by atoms with Gasteiger partial charge in [0.1, 0.15) is 5.69 Å². The van der Waals surface area contributed by atoms with Crippen molar-refractivity contribution in [2.24, 2.45) is 5.92 Å². The number of halogens is 2. The van der Waals surface area contributed by atoms with E-state index < -0.39 is 18.9 Å². The van der Waals surface area contributed by atoms with Gasteiger partial charge in [-0.15, -0.1) is 11.3 Å². The lowest BCUT2D eigenvalue weighted by Crippen LogP contribution is -2.28. The largest absolute Gasteiger partial charge is 0.345 e. The van der Waals surface area contributed by atoms with Crippen molar-refractivity contribution in [1.29, 1.82) is 0 Å². The SMILES string of the molecule is O=C(NCC(F)F)c1cn2cc(-c3cccs3)n(CC3CC3)c(=O)c2n1. The van der Waals surface area contributed by atoms with Gasteiger partial charge in [-0.1, -0.05) is 6.07 Å². The summed E-state index contributed by atoms with van der Waals surface area (Å²) in [6, 6.07) is 3.84. The predicted molar refractivity (Wildman–Crippen MR) is 93.8 cm³/mol. The number of nitrogens with zero attached hydrogens (tertiary/aromatic N) is 3. The number of hydrogen-bond donors (Lipinski definition) is 1. The van der Waals surface area contributed by atoms with Crippen molar-refractivity contribution >= 4 is 22.9 Å². The van der Waals surface area contributed by atoms with Crippen LogP contribution >= 0.6 is 11.3 Å². The van der Waals surface area contributed by atoms with E-state index in [0.717, 1.165) is 23.4 Å². The fourth-order valence-corrected chi connectivity index (χ4v) is 3.56. The van der Waals surface area contributed by atoms with Gasteiger partial charge < -0.3 is 9.88 Å². The first kappa shape index (κ1) is 16.9. The molecule has 0 bridgehead atoms. The quantitative estimate of drug-likeness (QED) is 0.717. The van der Waals surface area contributed by atoms with Crippen molar-refractivity contribution in [3.05, 3.63) is 46.0 Å². The number of carbonyl (C=O) groups is 1. The topological polar surface area (TPSA) is 68.4 Å². The number of imidazole rings is 1. The second kappa shape index (κ2) is 6.64. The van der Waals surface area contributed by atoms with Gasteiger partial charge in [0.2, 0.25) is 5.65 Å². The maximum Gasteiger partial charge on any atom is 0.294 e. The number of amides is 1. The van der Waals surface area contributed by atoms with Crippen molar-refractivity contribution in [2.45, 2.75) is 25.8 Å². The number of rotatable bonds is 6. The van der Waals surface area contributed by atoms with E-state index in [1.807, 2.05) is 17.5 Å². The summed E-state index contributed by atoms with van der Waals surface area (Å²) >= 11 is 1.52. The molecule has 0 aromatic carbocycles. The van der Waals surface area contributed by atoms with E-state index in [2.05, 4.69) is 10.3 Å². The molecule has 3 aromatic heterocycles. The van der Waals surface area contributed by atoms with Crippen LogP contribution in [0.1, 0.15) is 23.3 Å². The molecule has 0 spiro atoms. The van der Waals surface area contributed by atoms with E-state index in [9.17, 15) is 18.4 Å². The molecular weight excluding hydrogens is 362 g/mol. The van der Waals surface area contributed by atoms with Crippen molar-refractivity contribution < 1.29 is 13.6 Å². The Bertz CT molecular complexity index is 1010. The molecule has 136 valence electrons. The lowest BCUT2D eigenvalue weighted by Gasteiger charge is -2.11. The molecule has 1 saturated carbocycles. The summed E-state index contributed by atoms with van der Waals surface area (Å²) in [5, 5.41) is 4.04. The van der Waals surface area contributed by atoms with Crippen LogP contribution in [0, 0.1) is 5.92 Å². The van der Waals surface area contributed by atoms with E-state index in [1.165, 1.54) is 21.9 Å². The second-order valence-electron chi connectivity index (χ2n) is 6.31. The highest BCUT2D eigenvalue weighted by Crippen LogP contribution is 2.32. The minimum atomic E-state index is -2.64. The van der Waals surface area contributed by atoms with Gasteiger partial charge in [0.05, 0.1) is 17.1 Å². The fraction of sp³-hybridized carbons (Fsp3) is 0.353. The smallest absolute Gasteiger partial charge is 0.294 e. The second-order valence-corrected chi connectivity index (χ2v) is 7.26. The minimum Gasteiger partial charge on any atom is -0.345 e. The zero-order valence-corrected chi connectivity index (χ0v) is 14.5. The molecule has 3 aromatic rings. The summed E-state index contributed by atoms with van der Waals surface area (Å²) < 4.78 is 27.8. The van der Waals surface area contributed by atoms with Gasteiger partial charge in [0.15, 0.2) is 0 Å². The Morgan fingerprint density at radius 2 is 2.19 bits per heavy atom. The van der Waals surface area contributed by atoms with Crippen LogP contribution in [0.3, 0.4) is 0 Å². The van der Waals surface area contributed by atoms with Crippen LogP contribution in [0.25, 0.3) is 16.2 Å². The fourth-order valence-electron chi connectivity index (χ4n) is 2.81. The number of aromatic nitrogens is 3. The summed E-state index contributed by atoms with van der Waals surface area (Å²) in [6.45, 7) is -0.137. The van der Waals surface area contributed by atoms with Gasteiger partial charge >= 0.3 is 0 Å². The number of carbonyl (C=O) groups excluding carboxylic acids is 1. The molecule has 3 heterocycles. The minimum absolute atomic E-state index is 0.0518. The highest BCUT2D eigenvalue weighted by molar-refractivity contribution is 7.13. The van der Waals surface area contributed by atoms with E-state index in [-0.39, 0.29) is 16.9 Å². The van der Waals surface area contributed by atoms with Crippen molar-refractivity contribution in [3.8, 4) is 10.6 Å². The third kappa shape index (κ3) is 3.26. The highest BCUT2D eigenvalue weighted by Gasteiger charge is 2.25. The third-order valence-electron chi connectivity index (χ3n) is 4.28. The van der Waals surface area contributed by atoms with Gasteiger partial charge in [-0.2, -0.15) is 0 Å². The van der Waals surface area contributed by atoms with Gasteiger partial charge in [-0.25, -0.2) is 13.8 Å². The summed E-state index contributed by atoms with van der Waals surface area (Å²) in [7, 11) is 0. The highest BCUT2D eigenvalue weighted by atomic mass is 32.1. The number of alkyl halides is 2. The van der Waals surface area contributed by atoms with Crippen molar-refractivity contribution in [3.63, 3.8) is 0 Å². The molecule has 1 aliphatic carbocycles. The summed E-state index contributed by atoms with van der Waals surface area (Å²) in [6.07, 6.45) is 2.71. The first-order valence-electron chi connectivity index (χ1n) is 8.25. The van der Waals surface area contributed by atoms with E-state index in [1.54, 1.807) is 10.8 Å². The molecule has 9 heteroatoms. The van der Waals surface area contributed by atoms with E-state index in [0.29, 0.717) is 12.5 Å². The van der Waals surface area contributed by atoms with Gasteiger partial charge in [-0.3, -0.25) is 14.0 Å². The number of fused-ring (bicyclic) bond motifs is 1. The van der Waals surface area contributed by atoms with Crippen molar-refractivity contribution in [2.75, 3.05) is 6.54 Å². The molecule has 1 amide bonds. The average Bonchev–Trinajstić information content (AvgIpc) is 3.10. The first-order chi connectivity index (χ1) is 12.5. The van der Waals surface area contributed by atoms with E-state index >= 15 is 0 Å². The molecule has 0 atom stereocenters. The van der Waals surface area contributed by atoms with Crippen LogP contribution in [-0.2, 0) is 6.54 Å². The molecule has 1 N–H and O–H groups in total. The molecule has 0 radical (unpaired) electrons. The summed E-state index contributed by atoms with van der Waals surface area (Å²) in [4.78, 5) is 30.0. The van der Waals surface area contributed by atoms with E-state index in [4.69, 9.17) is 0 Å².